The molecule has 0 saturated carbocycles. The van der Waals surface area contributed by atoms with Crippen molar-refractivity contribution in [1.82, 2.24) is 0 Å². The van der Waals surface area contributed by atoms with Crippen LogP contribution in [0.15, 0.2) is 36.4 Å². The van der Waals surface area contributed by atoms with Crippen molar-refractivity contribution in [2.45, 2.75) is 51.9 Å². The van der Waals surface area contributed by atoms with E-state index in [2.05, 4.69) is 25.1 Å². The molecule has 0 heterocycles. The Balaban J connectivity index is 1.93. The number of aryl methyl sites for hydroxylation is 1. The Hall–Kier alpha value is -1.34. The lowest BCUT2D eigenvalue weighted by atomic mass is 10.0. The lowest BCUT2D eigenvalue weighted by Gasteiger charge is -2.05. The van der Waals surface area contributed by atoms with Gasteiger partial charge in [0.15, 0.2) is 0 Å². The molecule has 0 atom stereocenters. The van der Waals surface area contributed by atoms with Gasteiger partial charge in [-0.1, -0.05) is 63.3 Å². The maximum atomic E-state index is 11.2. The summed E-state index contributed by atoms with van der Waals surface area (Å²) in [5.41, 5.74) is 1.94. The summed E-state index contributed by atoms with van der Waals surface area (Å²) in [5.74, 6) is 0. The Kier molecular flexibility index (Phi) is 6.25. The van der Waals surface area contributed by atoms with Gasteiger partial charge < -0.3 is 0 Å². The molecule has 0 aliphatic heterocycles. The van der Waals surface area contributed by atoms with Crippen molar-refractivity contribution in [3.8, 4) is 0 Å². The monoisotopic (exact) mass is 302 g/mol. The van der Waals surface area contributed by atoms with E-state index >= 15 is 0 Å². The van der Waals surface area contributed by atoms with Crippen LogP contribution in [0.4, 0.5) is 0 Å². The second-order valence-electron chi connectivity index (χ2n) is 5.69. The number of benzene rings is 2. The van der Waals surface area contributed by atoms with Crippen molar-refractivity contribution in [2.24, 2.45) is 0 Å². The van der Waals surface area contributed by atoms with Gasteiger partial charge in [0, 0.05) is 5.56 Å². The van der Waals surface area contributed by atoms with Crippen LogP contribution in [0.5, 0.6) is 0 Å². The highest BCUT2D eigenvalue weighted by atomic mass is 35.5. The molecule has 0 saturated heterocycles. The molecule has 112 valence electrons. The van der Waals surface area contributed by atoms with Crippen LogP contribution in [0.1, 0.15) is 61.4 Å². The standard InChI is InChI=1S/C19H23ClO/c1-2-3-4-5-6-7-8-15-9-10-17-14-18(19(20)21)12-11-16(17)13-15/h9-14H,2-8H2,1H3. The van der Waals surface area contributed by atoms with Crippen LogP contribution in [0.25, 0.3) is 10.8 Å². The van der Waals surface area contributed by atoms with Gasteiger partial charge in [-0.2, -0.15) is 0 Å². The summed E-state index contributed by atoms with van der Waals surface area (Å²) < 4.78 is 0. The molecule has 0 bridgehead atoms. The molecule has 0 N–H and O–H groups in total. The van der Waals surface area contributed by atoms with Crippen LogP contribution in [0, 0.1) is 0 Å². The first-order valence-corrected chi connectivity index (χ1v) is 8.31. The summed E-state index contributed by atoms with van der Waals surface area (Å²) in [6, 6.07) is 12.1. The quantitative estimate of drug-likeness (QED) is 0.424. The Labute approximate surface area is 132 Å². The zero-order chi connectivity index (χ0) is 15.1. The number of carbonyl (C=O) groups is 1. The first-order chi connectivity index (χ1) is 10.2. The van der Waals surface area contributed by atoms with Gasteiger partial charge in [-0.25, -0.2) is 0 Å². The minimum atomic E-state index is -0.395. The normalized spacial score (nSPS) is 11.0. The first-order valence-electron chi connectivity index (χ1n) is 7.93. The third-order valence-corrected chi connectivity index (χ3v) is 4.17. The number of unbranched alkanes of at least 4 members (excludes halogenated alkanes) is 5. The molecule has 2 aromatic carbocycles. The van der Waals surface area contributed by atoms with E-state index in [4.69, 9.17) is 11.6 Å². The van der Waals surface area contributed by atoms with Crippen molar-refractivity contribution in [3.63, 3.8) is 0 Å². The predicted octanol–water partition coefficient (Wildman–Crippen LogP) is 6.12. The molecule has 0 unspecified atom stereocenters. The minimum Gasteiger partial charge on any atom is -0.276 e. The number of hydrogen-bond donors (Lipinski definition) is 0. The summed E-state index contributed by atoms with van der Waals surface area (Å²) in [4.78, 5) is 11.2. The van der Waals surface area contributed by atoms with Gasteiger partial charge >= 0.3 is 0 Å². The smallest absolute Gasteiger partial charge is 0.252 e. The van der Waals surface area contributed by atoms with Crippen LogP contribution in [-0.4, -0.2) is 5.24 Å². The van der Waals surface area contributed by atoms with E-state index in [1.165, 1.54) is 49.5 Å². The zero-order valence-corrected chi connectivity index (χ0v) is 13.5. The van der Waals surface area contributed by atoms with Gasteiger partial charge in [0.05, 0.1) is 0 Å². The molecule has 0 amide bonds. The molecule has 2 heteroatoms. The first kappa shape index (κ1) is 16.0. The van der Waals surface area contributed by atoms with Crippen molar-refractivity contribution in [3.05, 3.63) is 47.5 Å². The van der Waals surface area contributed by atoms with Crippen LogP contribution >= 0.6 is 11.6 Å². The van der Waals surface area contributed by atoms with Crippen LogP contribution in [-0.2, 0) is 6.42 Å². The second-order valence-corrected chi connectivity index (χ2v) is 6.03. The summed E-state index contributed by atoms with van der Waals surface area (Å²) in [5, 5.41) is 1.86. The number of rotatable bonds is 8. The van der Waals surface area contributed by atoms with Gasteiger partial charge in [-0.05, 0) is 52.9 Å². The number of hydrogen-bond acceptors (Lipinski definition) is 1. The maximum Gasteiger partial charge on any atom is 0.252 e. The average molecular weight is 303 g/mol. The van der Waals surface area contributed by atoms with Gasteiger partial charge in [0.1, 0.15) is 0 Å². The highest BCUT2D eigenvalue weighted by Gasteiger charge is 2.03. The van der Waals surface area contributed by atoms with E-state index in [9.17, 15) is 4.79 Å². The Bertz CT molecular complexity index is 604. The van der Waals surface area contributed by atoms with E-state index < -0.39 is 5.24 Å². The Morgan fingerprint density at radius 2 is 1.57 bits per heavy atom. The molecule has 2 aromatic rings. The summed E-state index contributed by atoms with van der Waals surface area (Å²) in [6.45, 7) is 2.25. The fourth-order valence-electron chi connectivity index (χ4n) is 2.68. The molecule has 0 aliphatic rings. The summed E-state index contributed by atoms with van der Waals surface area (Å²) >= 11 is 5.52. The van der Waals surface area contributed by atoms with Crippen LogP contribution in [0.3, 0.4) is 0 Å². The molecular formula is C19H23ClO. The summed E-state index contributed by atoms with van der Waals surface area (Å²) in [6.07, 6.45) is 9.09. The Morgan fingerprint density at radius 1 is 0.905 bits per heavy atom. The topological polar surface area (TPSA) is 17.1 Å². The molecule has 2 rings (SSSR count). The average Bonchev–Trinajstić information content (AvgIpc) is 2.50. The molecule has 0 fully saturated rings. The molecular weight excluding hydrogens is 280 g/mol. The van der Waals surface area contributed by atoms with Crippen LogP contribution in [0.2, 0.25) is 0 Å². The third-order valence-electron chi connectivity index (χ3n) is 3.95. The van der Waals surface area contributed by atoms with E-state index in [-0.39, 0.29) is 0 Å². The van der Waals surface area contributed by atoms with Gasteiger partial charge in [-0.15, -0.1) is 0 Å². The summed E-state index contributed by atoms with van der Waals surface area (Å²) in [7, 11) is 0. The Morgan fingerprint density at radius 3 is 2.33 bits per heavy atom. The van der Waals surface area contributed by atoms with Gasteiger partial charge in [0.2, 0.25) is 0 Å². The predicted molar refractivity (Wildman–Crippen MR) is 91.2 cm³/mol. The molecule has 0 radical (unpaired) electrons. The zero-order valence-electron chi connectivity index (χ0n) is 12.7. The third kappa shape index (κ3) is 4.86. The van der Waals surface area contributed by atoms with E-state index in [1.54, 1.807) is 6.07 Å². The maximum absolute atomic E-state index is 11.2. The van der Waals surface area contributed by atoms with Crippen molar-refractivity contribution in [2.75, 3.05) is 0 Å². The number of fused-ring (bicyclic) bond motifs is 1. The van der Waals surface area contributed by atoms with Gasteiger partial charge in [0.25, 0.3) is 5.24 Å². The number of halogens is 1. The molecule has 1 nitrogen and oxygen atoms in total. The lowest BCUT2D eigenvalue weighted by molar-refractivity contribution is 0.108. The largest absolute Gasteiger partial charge is 0.276 e. The van der Waals surface area contributed by atoms with E-state index in [1.807, 2.05) is 12.1 Å². The van der Waals surface area contributed by atoms with Crippen LogP contribution < -0.4 is 0 Å². The fourth-order valence-corrected chi connectivity index (χ4v) is 2.80. The lowest BCUT2D eigenvalue weighted by Crippen LogP contribution is -1.90. The van der Waals surface area contributed by atoms with Crippen molar-refractivity contribution < 1.29 is 4.79 Å². The number of carbonyl (C=O) groups excluding carboxylic acids is 1. The molecule has 0 spiro atoms. The van der Waals surface area contributed by atoms with Crippen molar-refractivity contribution in [1.29, 1.82) is 0 Å². The second kappa shape index (κ2) is 8.19. The fraction of sp³-hybridized carbons (Fsp3) is 0.421. The van der Waals surface area contributed by atoms with E-state index in [0.717, 1.165) is 11.8 Å². The molecule has 0 aliphatic carbocycles. The van der Waals surface area contributed by atoms with Crippen molar-refractivity contribution >= 4 is 27.6 Å². The minimum absolute atomic E-state index is 0.395. The molecule has 0 aromatic heterocycles. The van der Waals surface area contributed by atoms with E-state index in [0.29, 0.717) is 5.56 Å². The SMILES string of the molecule is CCCCCCCCc1ccc2cc(C(=O)Cl)ccc2c1. The highest BCUT2D eigenvalue weighted by Crippen LogP contribution is 2.20. The highest BCUT2D eigenvalue weighted by molar-refractivity contribution is 6.67. The molecule has 21 heavy (non-hydrogen) atoms. The van der Waals surface area contributed by atoms with Gasteiger partial charge in [-0.3, -0.25) is 4.79 Å².